The summed E-state index contributed by atoms with van der Waals surface area (Å²) in [5.74, 6) is 0.323. The monoisotopic (exact) mass is 360 g/mol. The minimum Gasteiger partial charge on any atom is -0.339 e. The minimum atomic E-state index is -3.51. The number of sulfonamides is 1. The van der Waals surface area contributed by atoms with Gasteiger partial charge in [-0.2, -0.15) is 9.40 Å². The summed E-state index contributed by atoms with van der Waals surface area (Å²) in [5.41, 5.74) is 3.22. The summed E-state index contributed by atoms with van der Waals surface area (Å²) in [6.07, 6.45) is 8.19. The molecule has 4 rings (SSSR count). The molecule has 0 spiro atoms. The molecule has 1 saturated heterocycles. The fourth-order valence-corrected chi connectivity index (χ4v) is 4.90. The zero-order valence-corrected chi connectivity index (χ0v) is 15.0. The third-order valence-electron chi connectivity index (χ3n) is 4.84. The molecule has 3 aromatic heterocycles. The molecule has 1 fully saturated rings. The molecule has 1 aliphatic rings. The quantitative estimate of drug-likeness (QED) is 0.704. The Bertz CT molecular complexity index is 1010. The van der Waals surface area contributed by atoms with Crippen molar-refractivity contribution in [1.82, 2.24) is 28.5 Å². The van der Waals surface area contributed by atoms with Crippen LogP contribution in [0.4, 0.5) is 0 Å². The average Bonchev–Trinajstić information content (AvgIpc) is 3.23. The van der Waals surface area contributed by atoms with Crippen LogP contribution in [0.15, 0.2) is 36.1 Å². The molecule has 25 heavy (non-hydrogen) atoms. The first-order valence-corrected chi connectivity index (χ1v) is 9.67. The van der Waals surface area contributed by atoms with E-state index in [0.29, 0.717) is 19.0 Å². The van der Waals surface area contributed by atoms with E-state index in [-0.39, 0.29) is 5.03 Å². The molecule has 9 heteroatoms. The van der Waals surface area contributed by atoms with E-state index in [1.165, 1.54) is 21.8 Å². The van der Waals surface area contributed by atoms with E-state index in [0.717, 1.165) is 18.5 Å². The number of fused-ring (bicyclic) bond motifs is 1. The first-order chi connectivity index (χ1) is 11.9. The van der Waals surface area contributed by atoms with E-state index in [1.807, 2.05) is 12.3 Å². The first kappa shape index (κ1) is 16.2. The number of pyridine rings is 1. The van der Waals surface area contributed by atoms with Crippen LogP contribution in [0, 0.1) is 6.92 Å². The van der Waals surface area contributed by atoms with E-state index in [4.69, 9.17) is 0 Å². The second kappa shape index (κ2) is 5.92. The lowest BCUT2D eigenvalue weighted by atomic mass is 9.89. The number of rotatable bonds is 3. The normalized spacial score (nSPS) is 17.4. The smallest absolute Gasteiger partial charge is 0.262 e. The molecule has 4 heterocycles. The van der Waals surface area contributed by atoms with Crippen molar-refractivity contribution < 1.29 is 8.42 Å². The lowest BCUT2D eigenvalue weighted by Crippen LogP contribution is -2.38. The largest absolute Gasteiger partial charge is 0.339 e. The topological polar surface area (TPSA) is 85.4 Å². The summed E-state index contributed by atoms with van der Waals surface area (Å²) in [7, 11) is -1.74. The average molecular weight is 360 g/mol. The van der Waals surface area contributed by atoms with E-state index in [2.05, 4.69) is 22.0 Å². The maximum absolute atomic E-state index is 12.7. The Labute approximate surface area is 146 Å². The zero-order chi connectivity index (χ0) is 17.6. The van der Waals surface area contributed by atoms with Crippen LogP contribution in [0.5, 0.6) is 0 Å². The third kappa shape index (κ3) is 2.83. The van der Waals surface area contributed by atoms with Gasteiger partial charge in [-0.1, -0.05) is 0 Å². The molecular weight excluding hydrogens is 340 g/mol. The Morgan fingerprint density at radius 2 is 1.92 bits per heavy atom. The number of aromatic nitrogens is 5. The van der Waals surface area contributed by atoms with Crippen molar-refractivity contribution in [3.05, 3.63) is 42.2 Å². The van der Waals surface area contributed by atoms with Crippen LogP contribution in [-0.4, -0.2) is 50.0 Å². The molecule has 0 unspecified atom stereocenters. The molecule has 8 nitrogen and oxygen atoms in total. The van der Waals surface area contributed by atoms with Crippen molar-refractivity contribution in [2.45, 2.75) is 30.7 Å². The summed E-state index contributed by atoms with van der Waals surface area (Å²) < 4.78 is 30.3. The predicted octanol–water partition coefficient (Wildman–Crippen LogP) is 1.34. The maximum atomic E-state index is 12.7. The van der Waals surface area contributed by atoms with Gasteiger partial charge in [0.25, 0.3) is 10.0 Å². The summed E-state index contributed by atoms with van der Waals surface area (Å²) in [4.78, 5) is 8.20. The molecule has 0 radical (unpaired) electrons. The Hall–Kier alpha value is -2.26. The highest BCUT2D eigenvalue weighted by molar-refractivity contribution is 7.89. The highest BCUT2D eigenvalue weighted by Gasteiger charge is 2.31. The number of piperidine rings is 1. The number of nitrogens with zero attached hydrogens (tertiary/aromatic N) is 6. The maximum Gasteiger partial charge on any atom is 0.262 e. The van der Waals surface area contributed by atoms with Crippen LogP contribution in [-0.2, 0) is 17.1 Å². The van der Waals surface area contributed by atoms with Crippen LogP contribution in [0.25, 0.3) is 5.65 Å². The van der Waals surface area contributed by atoms with Crippen molar-refractivity contribution in [3.63, 3.8) is 0 Å². The second-order valence-corrected chi connectivity index (χ2v) is 8.42. The van der Waals surface area contributed by atoms with Crippen LogP contribution < -0.4 is 0 Å². The van der Waals surface area contributed by atoms with Gasteiger partial charge in [0.1, 0.15) is 6.33 Å². The van der Waals surface area contributed by atoms with Gasteiger partial charge in [0.15, 0.2) is 10.7 Å². The Kier molecular flexibility index (Phi) is 3.84. The van der Waals surface area contributed by atoms with Gasteiger partial charge in [-0.15, -0.1) is 0 Å². The molecule has 132 valence electrons. The van der Waals surface area contributed by atoms with Crippen molar-refractivity contribution in [1.29, 1.82) is 0 Å². The van der Waals surface area contributed by atoms with Crippen LogP contribution in [0.2, 0.25) is 0 Å². The molecule has 3 aromatic rings. The summed E-state index contributed by atoms with van der Waals surface area (Å²) >= 11 is 0. The van der Waals surface area contributed by atoms with Gasteiger partial charge in [-0.05, 0) is 42.9 Å². The van der Waals surface area contributed by atoms with Gasteiger partial charge < -0.3 is 4.57 Å². The number of hydrogen-bond donors (Lipinski definition) is 0. The van der Waals surface area contributed by atoms with E-state index in [9.17, 15) is 8.42 Å². The Morgan fingerprint density at radius 1 is 1.16 bits per heavy atom. The molecule has 0 saturated carbocycles. The SMILES string of the molecule is Cc1cc2ncnn2cc1C1CCN(S(=O)(=O)c2cn(C)cn2)CC1. The van der Waals surface area contributed by atoms with Gasteiger partial charge in [-0.3, -0.25) is 0 Å². The number of aryl methyl sites for hydroxylation is 2. The van der Waals surface area contributed by atoms with Crippen molar-refractivity contribution in [2.24, 2.45) is 7.05 Å². The second-order valence-electron chi connectivity index (χ2n) is 6.53. The molecular formula is C16H20N6O2S. The fourth-order valence-electron chi connectivity index (χ4n) is 3.46. The van der Waals surface area contributed by atoms with Crippen LogP contribution in [0.1, 0.15) is 29.9 Å². The standard InChI is InChI=1S/C16H20N6O2S/c1-12-7-15-17-10-19-22(15)8-14(12)13-3-5-21(6-4-13)25(23,24)16-9-20(2)11-18-16/h7-11,13H,3-6H2,1-2H3. The van der Waals surface area contributed by atoms with Crippen LogP contribution in [0.3, 0.4) is 0 Å². The van der Waals surface area contributed by atoms with Gasteiger partial charge >= 0.3 is 0 Å². The minimum absolute atomic E-state index is 0.119. The molecule has 0 aromatic carbocycles. The lowest BCUT2D eigenvalue weighted by molar-refractivity contribution is 0.318. The molecule has 1 aliphatic heterocycles. The van der Waals surface area contributed by atoms with Gasteiger partial charge in [0.2, 0.25) is 0 Å². The van der Waals surface area contributed by atoms with E-state index < -0.39 is 10.0 Å². The Balaban J connectivity index is 1.53. The van der Waals surface area contributed by atoms with E-state index >= 15 is 0 Å². The first-order valence-electron chi connectivity index (χ1n) is 8.23. The van der Waals surface area contributed by atoms with Gasteiger partial charge in [0, 0.05) is 32.5 Å². The summed E-state index contributed by atoms with van der Waals surface area (Å²) in [6, 6.07) is 2.03. The van der Waals surface area contributed by atoms with Crippen LogP contribution >= 0.6 is 0 Å². The Morgan fingerprint density at radius 3 is 2.60 bits per heavy atom. The molecule has 0 aliphatic carbocycles. The lowest BCUT2D eigenvalue weighted by Gasteiger charge is -2.31. The fraction of sp³-hybridized carbons (Fsp3) is 0.438. The molecule has 0 atom stereocenters. The predicted molar refractivity (Wildman–Crippen MR) is 91.7 cm³/mol. The molecule has 0 N–H and O–H groups in total. The highest BCUT2D eigenvalue weighted by Crippen LogP contribution is 2.32. The molecule has 0 amide bonds. The third-order valence-corrected chi connectivity index (χ3v) is 6.63. The zero-order valence-electron chi connectivity index (χ0n) is 14.2. The highest BCUT2D eigenvalue weighted by atomic mass is 32.2. The van der Waals surface area contributed by atoms with E-state index in [1.54, 1.807) is 28.7 Å². The number of imidazole rings is 1. The summed E-state index contributed by atoms with van der Waals surface area (Å²) in [5, 5.41) is 4.32. The summed E-state index contributed by atoms with van der Waals surface area (Å²) in [6.45, 7) is 3.07. The van der Waals surface area contributed by atoms with Crippen molar-refractivity contribution in [2.75, 3.05) is 13.1 Å². The van der Waals surface area contributed by atoms with Gasteiger partial charge in [0.05, 0.1) is 6.33 Å². The van der Waals surface area contributed by atoms with Crippen molar-refractivity contribution >= 4 is 15.7 Å². The number of hydrogen-bond acceptors (Lipinski definition) is 5. The molecule has 0 bridgehead atoms. The van der Waals surface area contributed by atoms with Crippen molar-refractivity contribution in [3.8, 4) is 0 Å². The van der Waals surface area contributed by atoms with Gasteiger partial charge in [-0.25, -0.2) is 22.9 Å².